The predicted molar refractivity (Wildman–Crippen MR) is 61.6 cm³/mol. The van der Waals surface area contributed by atoms with Crippen LogP contribution in [0.5, 0.6) is 0 Å². The van der Waals surface area contributed by atoms with Gasteiger partial charge < -0.3 is 9.84 Å². The van der Waals surface area contributed by atoms with Crippen molar-refractivity contribution < 1.29 is 22.5 Å². The zero-order valence-electron chi connectivity index (χ0n) is 10.4. The largest absolute Gasteiger partial charge is 0.433 e. The van der Waals surface area contributed by atoms with Crippen molar-refractivity contribution in [2.24, 2.45) is 0 Å². The van der Waals surface area contributed by atoms with Gasteiger partial charge in [-0.25, -0.2) is 4.98 Å². The topological polar surface area (TPSA) is 68.0 Å². The van der Waals surface area contributed by atoms with Crippen LogP contribution in [0.2, 0.25) is 0 Å². The fraction of sp³-hybridized carbons (Fsp3) is 0.250. The minimum atomic E-state index is -4.51. The Labute approximate surface area is 111 Å². The number of amides is 1. The molecule has 2 heterocycles. The summed E-state index contributed by atoms with van der Waals surface area (Å²) in [5, 5.41) is 5.91. The van der Waals surface area contributed by atoms with Crippen LogP contribution in [-0.2, 0) is 12.7 Å². The van der Waals surface area contributed by atoms with Crippen LogP contribution in [0.1, 0.15) is 27.6 Å². The predicted octanol–water partition coefficient (Wildman–Crippen LogP) is 2.33. The van der Waals surface area contributed by atoms with Gasteiger partial charge in [0.2, 0.25) is 0 Å². The summed E-state index contributed by atoms with van der Waals surface area (Å²) in [6, 6.07) is 4.92. The maximum absolute atomic E-state index is 12.5. The number of hydrogen-bond acceptors (Lipinski definition) is 4. The van der Waals surface area contributed by atoms with Gasteiger partial charge in [0, 0.05) is 6.07 Å². The first-order valence-electron chi connectivity index (χ1n) is 5.61. The number of carbonyl (C=O) groups excluding carboxylic acids is 1. The number of nitrogens with one attached hydrogen (secondary N) is 1. The van der Waals surface area contributed by atoms with Gasteiger partial charge in [-0.3, -0.25) is 4.79 Å². The molecule has 20 heavy (non-hydrogen) atoms. The van der Waals surface area contributed by atoms with Crippen molar-refractivity contribution in [3.63, 3.8) is 0 Å². The maximum atomic E-state index is 12.5. The zero-order valence-corrected chi connectivity index (χ0v) is 10.4. The summed E-state index contributed by atoms with van der Waals surface area (Å²) >= 11 is 0. The number of rotatable bonds is 3. The molecule has 0 aliphatic heterocycles. The Morgan fingerprint density at radius 2 is 2.15 bits per heavy atom. The highest BCUT2D eigenvalue weighted by atomic mass is 19.4. The van der Waals surface area contributed by atoms with E-state index in [-0.39, 0.29) is 17.9 Å². The van der Waals surface area contributed by atoms with E-state index in [9.17, 15) is 18.0 Å². The van der Waals surface area contributed by atoms with Gasteiger partial charge in [-0.15, -0.1) is 0 Å². The minimum absolute atomic E-state index is 0.0643. The molecule has 8 heteroatoms. The molecule has 2 aromatic heterocycles. The normalized spacial score (nSPS) is 11.4. The lowest BCUT2D eigenvalue weighted by Crippen LogP contribution is -2.24. The average Bonchev–Trinajstić information content (AvgIpc) is 2.82. The van der Waals surface area contributed by atoms with E-state index in [1.54, 1.807) is 6.92 Å². The first-order chi connectivity index (χ1) is 9.36. The Morgan fingerprint density at radius 3 is 2.75 bits per heavy atom. The summed E-state index contributed by atoms with van der Waals surface area (Å²) in [5.41, 5.74) is -0.829. The van der Waals surface area contributed by atoms with Crippen molar-refractivity contribution in [2.45, 2.75) is 19.6 Å². The molecule has 0 atom stereocenters. The third-order valence-corrected chi connectivity index (χ3v) is 2.39. The molecule has 2 rings (SSSR count). The Balaban J connectivity index is 2.02. The number of pyridine rings is 1. The van der Waals surface area contributed by atoms with Gasteiger partial charge in [0.25, 0.3) is 5.91 Å². The highest BCUT2D eigenvalue weighted by molar-refractivity contribution is 5.92. The standard InChI is InChI=1S/C12H10F3N3O2/c1-7-5-9(18-20-7)11(19)16-6-8-3-2-4-10(17-8)12(13,14)15/h2-5H,6H2,1H3,(H,16,19). The van der Waals surface area contributed by atoms with Crippen LogP contribution in [0.4, 0.5) is 13.2 Å². The average molecular weight is 285 g/mol. The molecule has 5 nitrogen and oxygen atoms in total. The van der Waals surface area contributed by atoms with Gasteiger partial charge in [-0.2, -0.15) is 13.2 Å². The second-order valence-electron chi connectivity index (χ2n) is 4.02. The molecule has 2 aromatic rings. The number of hydrogen-bond donors (Lipinski definition) is 1. The van der Waals surface area contributed by atoms with Gasteiger partial charge >= 0.3 is 6.18 Å². The van der Waals surface area contributed by atoms with Crippen LogP contribution in [-0.4, -0.2) is 16.0 Å². The highest BCUT2D eigenvalue weighted by Gasteiger charge is 2.32. The summed E-state index contributed by atoms with van der Waals surface area (Å²) in [6.07, 6.45) is -4.51. The molecule has 1 N–H and O–H groups in total. The van der Waals surface area contributed by atoms with Crippen molar-refractivity contribution >= 4 is 5.91 Å². The molecule has 0 unspecified atom stereocenters. The Bertz CT molecular complexity index is 622. The molecule has 1 amide bonds. The van der Waals surface area contributed by atoms with Crippen molar-refractivity contribution in [3.05, 3.63) is 47.1 Å². The Hall–Kier alpha value is -2.38. The van der Waals surface area contributed by atoms with E-state index in [1.165, 1.54) is 18.2 Å². The Morgan fingerprint density at radius 1 is 1.40 bits per heavy atom. The number of aromatic nitrogens is 2. The highest BCUT2D eigenvalue weighted by Crippen LogP contribution is 2.27. The molecule has 0 spiro atoms. The lowest BCUT2D eigenvalue weighted by Gasteiger charge is -2.08. The van der Waals surface area contributed by atoms with E-state index >= 15 is 0 Å². The number of carbonyl (C=O) groups is 1. The summed E-state index contributed by atoms with van der Waals surface area (Å²) in [6.45, 7) is 1.49. The Kier molecular flexibility index (Phi) is 3.73. The summed E-state index contributed by atoms with van der Waals surface area (Å²) in [4.78, 5) is 15.1. The first kappa shape index (κ1) is 14.0. The summed E-state index contributed by atoms with van der Waals surface area (Å²) < 4.78 is 42.1. The molecule has 0 saturated carbocycles. The summed E-state index contributed by atoms with van der Waals surface area (Å²) in [7, 11) is 0. The number of nitrogens with zero attached hydrogens (tertiary/aromatic N) is 2. The molecule has 106 valence electrons. The van der Waals surface area contributed by atoms with Crippen molar-refractivity contribution in [1.82, 2.24) is 15.5 Å². The second kappa shape index (κ2) is 5.32. The fourth-order valence-electron chi connectivity index (χ4n) is 1.47. The molecule has 0 aliphatic carbocycles. The quantitative estimate of drug-likeness (QED) is 0.939. The zero-order chi connectivity index (χ0) is 14.8. The summed E-state index contributed by atoms with van der Waals surface area (Å²) in [5.74, 6) is -0.0756. The van der Waals surface area contributed by atoms with E-state index < -0.39 is 17.8 Å². The lowest BCUT2D eigenvalue weighted by molar-refractivity contribution is -0.141. The minimum Gasteiger partial charge on any atom is -0.361 e. The maximum Gasteiger partial charge on any atom is 0.433 e. The SMILES string of the molecule is Cc1cc(C(=O)NCc2cccc(C(F)(F)F)n2)no1. The third kappa shape index (κ3) is 3.34. The van der Waals surface area contributed by atoms with Crippen molar-refractivity contribution in [2.75, 3.05) is 0 Å². The molecule has 0 radical (unpaired) electrons. The second-order valence-corrected chi connectivity index (χ2v) is 4.02. The number of aryl methyl sites for hydroxylation is 1. The molecular formula is C12H10F3N3O2. The van der Waals surface area contributed by atoms with Gasteiger partial charge in [-0.05, 0) is 19.1 Å². The third-order valence-electron chi connectivity index (χ3n) is 2.39. The lowest BCUT2D eigenvalue weighted by atomic mass is 10.3. The van der Waals surface area contributed by atoms with E-state index in [1.807, 2.05) is 0 Å². The fourth-order valence-corrected chi connectivity index (χ4v) is 1.47. The number of halogens is 3. The molecule has 0 saturated heterocycles. The van der Waals surface area contributed by atoms with Crippen LogP contribution >= 0.6 is 0 Å². The first-order valence-corrected chi connectivity index (χ1v) is 5.61. The van der Waals surface area contributed by atoms with E-state index in [4.69, 9.17) is 4.52 Å². The van der Waals surface area contributed by atoms with Gasteiger partial charge in [0.1, 0.15) is 11.5 Å². The molecule has 0 aromatic carbocycles. The monoisotopic (exact) mass is 285 g/mol. The molecule has 0 fully saturated rings. The van der Waals surface area contributed by atoms with Crippen molar-refractivity contribution in [3.8, 4) is 0 Å². The van der Waals surface area contributed by atoms with E-state index in [2.05, 4.69) is 15.5 Å². The molecule has 0 aliphatic rings. The van der Waals surface area contributed by atoms with Gasteiger partial charge in [-0.1, -0.05) is 11.2 Å². The van der Waals surface area contributed by atoms with E-state index in [0.29, 0.717) is 5.76 Å². The van der Waals surface area contributed by atoms with Gasteiger partial charge in [0.05, 0.1) is 12.2 Å². The van der Waals surface area contributed by atoms with Crippen molar-refractivity contribution in [1.29, 1.82) is 0 Å². The molecule has 0 bridgehead atoms. The van der Waals surface area contributed by atoms with Crippen LogP contribution in [0.3, 0.4) is 0 Å². The van der Waals surface area contributed by atoms with Crippen LogP contribution in [0, 0.1) is 6.92 Å². The smallest absolute Gasteiger partial charge is 0.361 e. The van der Waals surface area contributed by atoms with Crippen LogP contribution in [0.25, 0.3) is 0 Å². The van der Waals surface area contributed by atoms with E-state index in [0.717, 1.165) is 6.07 Å². The van der Waals surface area contributed by atoms with Crippen LogP contribution < -0.4 is 5.32 Å². The van der Waals surface area contributed by atoms with Crippen LogP contribution in [0.15, 0.2) is 28.8 Å². The number of alkyl halides is 3. The molecular weight excluding hydrogens is 275 g/mol. The van der Waals surface area contributed by atoms with Gasteiger partial charge in [0.15, 0.2) is 5.69 Å².